The Morgan fingerprint density at radius 1 is 0.788 bits per heavy atom. The molecule has 0 fully saturated rings. The minimum atomic E-state index is -4.78. The van der Waals surface area contributed by atoms with Crippen LogP contribution in [0.1, 0.15) is 5.69 Å². The van der Waals surface area contributed by atoms with Crippen molar-refractivity contribution in [2.75, 3.05) is 0 Å². The monoisotopic (exact) mass is 511 g/mol. The van der Waals surface area contributed by atoms with Crippen LogP contribution in [0.4, 0.5) is 13.2 Å². The maximum Gasteiger partial charge on any atom is 0.435 e. The van der Waals surface area contributed by atoms with Crippen LogP contribution in [0.3, 0.4) is 0 Å². The van der Waals surface area contributed by atoms with E-state index in [4.69, 9.17) is 28.3 Å². The van der Waals surface area contributed by atoms with E-state index in [1.54, 1.807) is 0 Å². The molecule has 4 rings (SSSR count). The number of nitrogens with two attached hydrogens (primary N) is 1. The third kappa shape index (κ3) is 4.77. The Hall–Kier alpha value is -2.85. The minimum Gasteiger partial charge on any atom is -0.232 e. The van der Waals surface area contributed by atoms with E-state index in [1.807, 2.05) is 0 Å². The van der Waals surface area contributed by atoms with Crippen molar-refractivity contribution in [3.8, 4) is 28.1 Å². The Morgan fingerprint density at radius 3 is 1.76 bits per heavy atom. The van der Waals surface area contributed by atoms with E-state index in [0.29, 0.717) is 21.3 Å². The predicted molar refractivity (Wildman–Crippen MR) is 121 cm³/mol. The maximum atomic E-state index is 14.1. The zero-order valence-corrected chi connectivity index (χ0v) is 18.8. The van der Waals surface area contributed by atoms with Gasteiger partial charge in [0, 0.05) is 21.2 Å². The Kier molecular flexibility index (Phi) is 6.00. The van der Waals surface area contributed by atoms with Crippen LogP contribution in [0.15, 0.2) is 77.7 Å². The molecule has 3 aromatic carbocycles. The average molecular weight is 512 g/mol. The van der Waals surface area contributed by atoms with E-state index in [9.17, 15) is 21.6 Å². The fraction of sp³-hybridized carbons (Fsp3) is 0.0455. The Balaban J connectivity index is 2.07. The third-order valence-electron chi connectivity index (χ3n) is 4.81. The second kappa shape index (κ2) is 8.49. The number of aromatic nitrogens is 2. The highest BCUT2D eigenvalue weighted by molar-refractivity contribution is 7.89. The maximum absolute atomic E-state index is 14.1. The van der Waals surface area contributed by atoms with E-state index >= 15 is 0 Å². The molecule has 0 aliphatic heterocycles. The van der Waals surface area contributed by atoms with Crippen LogP contribution in [0, 0.1) is 0 Å². The summed E-state index contributed by atoms with van der Waals surface area (Å²) in [7, 11) is -3.99. The van der Waals surface area contributed by atoms with Crippen molar-refractivity contribution in [3.05, 3.63) is 88.5 Å². The summed E-state index contributed by atoms with van der Waals surface area (Å²) >= 11 is 11.9. The number of alkyl halides is 3. The molecule has 1 aromatic heterocycles. The Bertz CT molecular complexity index is 1420. The fourth-order valence-corrected chi connectivity index (χ4v) is 4.11. The van der Waals surface area contributed by atoms with Crippen molar-refractivity contribution in [2.24, 2.45) is 5.14 Å². The van der Waals surface area contributed by atoms with Crippen LogP contribution in [-0.4, -0.2) is 18.2 Å². The van der Waals surface area contributed by atoms with Gasteiger partial charge in [-0.05, 0) is 54.1 Å². The first-order chi connectivity index (χ1) is 15.4. The molecule has 5 nitrogen and oxygen atoms in total. The number of hydrogen-bond acceptors (Lipinski definition) is 3. The Morgan fingerprint density at radius 2 is 1.27 bits per heavy atom. The lowest BCUT2D eigenvalue weighted by Crippen LogP contribution is -2.11. The van der Waals surface area contributed by atoms with E-state index < -0.39 is 21.9 Å². The van der Waals surface area contributed by atoms with Crippen molar-refractivity contribution in [1.29, 1.82) is 0 Å². The summed E-state index contributed by atoms with van der Waals surface area (Å²) in [6, 6.07) is 17.2. The van der Waals surface area contributed by atoms with Crippen molar-refractivity contribution in [1.82, 2.24) is 9.78 Å². The molecule has 2 N–H and O–H groups in total. The summed E-state index contributed by atoms with van der Waals surface area (Å²) < 4.78 is 66.7. The average Bonchev–Trinajstić information content (AvgIpc) is 3.15. The first kappa shape index (κ1) is 23.3. The predicted octanol–water partition coefficient (Wildman–Crippen LogP) is 6.18. The zero-order chi connectivity index (χ0) is 24.0. The van der Waals surface area contributed by atoms with E-state index in [1.165, 1.54) is 72.8 Å². The summed E-state index contributed by atoms with van der Waals surface area (Å²) in [5.41, 5.74) is -0.325. The smallest absolute Gasteiger partial charge is 0.232 e. The van der Waals surface area contributed by atoms with Gasteiger partial charge in [0.2, 0.25) is 10.0 Å². The molecule has 0 saturated carbocycles. The van der Waals surface area contributed by atoms with Gasteiger partial charge in [-0.1, -0.05) is 47.5 Å². The van der Waals surface area contributed by atoms with Crippen molar-refractivity contribution in [2.45, 2.75) is 11.1 Å². The first-order valence-electron chi connectivity index (χ1n) is 9.30. The molecule has 0 unspecified atom stereocenters. The zero-order valence-electron chi connectivity index (χ0n) is 16.5. The molecular formula is C22H14Cl2F3N3O2S. The van der Waals surface area contributed by atoms with Crippen LogP contribution in [-0.2, 0) is 16.2 Å². The molecule has 0 amide bonds. The SMILES string of the molecule is NS(=O)(=O)c1ccc(-c2c(-c3ccc(Cl)cc3)c(C(F)(F)F)nn2-c2ccc(Cl)cc2)cc1. The van der Waals surface area contributed by atoms with Gasteiger partial charge in [-0.3, -0.25) is 0 Å². The van der Waals surface area contributed by atoms with E-state index in [-0.39, 0.29) is 21.7 Å². The summed E-state index contributed by atoms with van der Waals surface area (Å²) in [4.78, 5) is -0.173. The molecule has 0 saturated heterocycles. The molecule has 0 aliphatic rings. The molecule has 0 radical (unpaired) electrons. The van der Waals surface area contributed by atoms with Crippen molar-refractivity contribution in [3.63, 3.8) is 0 Å². The molecule has 170 valence electrons. The van der Waals surface area contributed by atoms with Gasteiger partial charge in [0.25, 0.3) is 0 Å². The first-order valence-corrected chi connectivity index (χ1v) is 11.6. The molecular weight excluding hydrogens is 498 g/mol. The van der Waals surface area contributed by atoms with Gasteiger partial charge in [0.1, 0.15) is 0 Å². The molecule has 0 aliphatic carbocycles. The molecule has 11 heteroatoms. The van der Waals surface area contributed by atoms with Crippen LogP contribution in [0.25, 0.3) is 28.1 Å². The summed E-state index contributed by atoms with van der Waals surface area (Å²) in [6.45, 7) is 0. The lowest BCUT2D eigenvalue weighted by Gasteiger charge is -2.12. The molecule has 0 bridgehead atoms. The normalized spacial score (nSPS) is 12.2. The number of rotatable bonds is 4. The van der Waals surface area contributed by atoms with Crippen molar-refractivity contribution < 1.29 is 21.6 Å². The number of halogens is 5. The minimum absolute atomic E-state index is 0.105. The molecule has 0 atom stereocenters. The highest BCUT2D eigenvalue weighted by Gasteiger charge is 2.40. The number of nitrogens with zero attached hydrogens (tertiary/aromatic N) is 2. The van der Waals surface area contributed by atoms with Crippen LogP contribution in [0.5, 0.6) is 0 Å². The highest BCUT2D eigenvalue weighted by atomic mass is 35.5. The topological polar surface area (TPSA) is 78.0 Å². The Labute approximate surface area is 197 Å². The quantitative estimate of drug-likeness (QED) is 0.355. The molecule has 4 aromatic rings. The van der Waals surface area contributed by atoms with Crippen LogP contribution in [0.2, 0.25) is 10.0 Å². The number of benzene rings is 3. The van der Waals surface area contributed by atoms with E-state index in [2.05, 4.69) is 5.10 Å². The fourth-order valence-electron chi connectivity index (χ4n) is 3.34. The lowest BCUT2D eigenvalue weighted by molar-refractivity contribution is -0.140. The standard InChI is InChI=1S/C22H14Cl2F3N3O2S/c23-15-5-1-13(2-6-15)19-20(14-3-11-18(12-4-14)33(28,31)32)30(29-21(19)22(25,26)27)17-9-7-16(24)8-10-17/h1-12H,(H2,28,31,32). The van der Waals surface area contributed by atoms with Crippen molar-refractivity contribution >= 4 is 33.2 Å². The highest BCUT2D eigenvalue weighted by Crippen LogP contribution is 2.43. The van der Waals surface area contributed by atoms with Crippen LogP contribution >= 0.6 is 23.2 Å². The number of sulfonamides is 1. The summed E-state index contributed by atoms with van der Waals surface area (Å²) in [5, 5.41) is 9.82. The van der Waals surface area contributed by atoms with E-state index in [0.717, 1.165) is 4.68 Å². The van der Waals surface area contributed by atoms with Gasteiger partial charge < -0.3 is 0 Å². The largest absolute Gasteiger partial charge is 0.435 e. The summed E-state index contributed by atoms with van der Waals surface area (Å²) in [5.74, 6) is 0. The third-order valence-corrected chi connectivity index (χ3v) is 6.25. The molecule has 1 heterocycles. The van der Waals surface area contributed by atoms with Gasteiger partial charge in [0.05, 0.1) is 16.3 Å². The van der Waals surface area contributed by atoms with Gasteiger partial charge in [-0.15, -0.1) is 0 Å². The second-order valence-electron chi connectivity index (χ2n) is 7.03. The summed E-state index contributed by atoms with van der Waals surface area (Å²) in [6.07, 6.45) is -4.78. The molecule has 33 heavy (non-hydrogen) atoms. The molecule has 0 spiro atoms. The van der Waals surface area contributed by atoms with Gasteiger partial charge in [0.15, 0.2) is 5.69 Å². The number of hydrogen-bond donors (Lipinski definition) is 1. The van der Waals surface area contributed by atoms with Gasteiger partial charge in [-0.25, -0.2) is 18.2 Å². The number of primary sulfonamides is 1. The van der Waals surface area contributed by atoms with Gasteiger partial charge in [-0.2, -0.15) is 18.3 Å². The lowest BCUT2D eigenvalue weighted by atomic mass is 9.98. The van der Waals surface area contributed by atoms with Gasteiger partial charge >= 0.3 is 6.18 Å². The van der Waals surface area contributed by atoms with Crippen LogP contribution < -0.4 is 5.14 Å². The second-order valence-corrected chi connectivity index (χ2v) is 9.47.